The number of nitrogens with zero attached hydrogens (tertiary/aromatic N) is 4. The zero-order valence-corrected chi connectivity index (χ0v) is 13.7. The van der Waals surface area contributed by atoms with Crippen molar-refractivity contribution in [2.45, 2.75) is 6.04 Å². The number of pyridine rings is 1. The highest BCUT2D eigenvalue weighted by Crippen LogP contribution is 2.26. The van der Waals surface area contributed by atoms with Gasteiger partial charge in [-0.2, -0.15) is 16.4 Å². The van der Waals surface area contributed by atoms with E-state index >= 15 is 0 Å². The number of hydrogen-bond donors (Lipinski definition) is 0. The van der Waals surface area contributed by atoms with Crippen LogP contribution in [0.3, 0.4) is 0 Å². The number of thiophene rings is 1. The molecule has 0 radical (unpaired) electrons. The summed E-state index contributed by atoms with van der Waals surface area (Å²) in [5, 5.41) is 9.60. The number of carbonyl (C=O) groups is 1. The van der Waals surface area contributed by atoms with Gasteiger partial charge in [0, 0.05) is 30.2 Å². The Morgan fingerprint density at radius 2 is 2.25 bits per heavy atom. The molecular weight excluding hydrogens is 320 g/mol. The van der Waals surface area contributed by atoms with Crippen molar-refractivity contribution in [2.75, 3.05) is 13.1 Å². The van der Waals surface area contributed by atoms with Gasteiger partial charge in [-0.25, -0.2) is 9.67 Å². The summed E-state index contributed by atoms with van der Waals surface area (Å²) < 4.78 is 1.89. The van der Waals surface area contributed by atoms with E-state index in [1.54, 1.807) is 22.4 Å². The minimum Gasteiger partial charge on any atom is -0.335 e. The van der Waals surface area contributed by atoms with Crippen molar-refractivity contribution in [3.63, 3.8) is 0 Å². The smallest absolute Gasteiger partial charge is 0.246 e. The first-order valence-electron chi connectivity index (χ1n) is 7.55. The van der Waals surface area contributed by atoms with Crippen molar-refractivity contribution in [3.8, 4) is 11.8 Å². The van der Waals surface area contributed by atoms with Crippen molar-refractivity contribution >= 4 is 28.3 Å². The van der Waals surface area contributed by atoms with Crippen LogP contribution in [0.2, 0.25) is 0 Å². The summed E-state index contributed by atoms with van der Waals surface area (Å²) in [6.07, 6.45) is 3.09. The topological polar surface area (TPSA) is 51.0 Å². The van der Waals surface area contributed by atoms with E-state index in [1.165, 1.54) is 6.08 Å². The van der Waals surface area contributed by atoms with Crippen LogP contribution in [-0.2, 0) is 4.79 Å². The zero-order valence-electron chi connectivity index (χ0n) is 12.8. The van der Waals surface area contributed by atoms with Gasteiger partial charge in [-0.15, -0.1) is 0 Å². The van der Waals surface area contributed by atoms with Gasteiger partial charge in [0.1, 0.15) is 5.69 Å². The largest absolute Gasteiger partial charge is 0.335 e. The molecule has 24 heavy (non-hydrogen) atoms. The van der Waals surface area contributed by atoms with Crippen molar-refractivity contribution in [3.05, 3.63) is 59.1 Å². The number of hydrogen-bond acceptors (Lipinski definition) is 4. The fourth-order valence-corrected chi connectivity index (χ4v) is 3.29. The van der Waals surface area contributed by atoms with Gasteiger partial charge in [-0.3, -0.25) is 4.79 Å². The van der Waals surface area contributed by atoms with Gasteiger partial charge in [-0.1, -0.05) is 12.5 Å². The molecule has 6 heteroatoms. The molecule has 1 fully saturated rings. The lowest BCUT2D eigenvalue weighted by molar-refractivity contribution is -0.131. The van der Waals surface area contributed by atoms with Crippen LogP contribution in [0, 0.1) is 11.8 Å². The molecule has 4 heterocycles. The minimum atomic E-state index is -0.0480. The molecule has 5 nitrogen and oxygen atoms in total. The number of carbonyl (C=O) groups excluding carboxylic acids is 1. The highest BCUT2D eigenvalue weighted by Gasteiger charge is 2.32. The summed E-state index contributed by atoms with van der Waals surface area (Å²) in [6, 6.07) is 5.98. The highest BCUT2D eigenvalue weighted by molar-refractivity contribution is 7.08. The Morgan fingerprint density at radius 3 is 3.00 bits per heavy atom. The van der Waals surface area contributed by atoms with E-state index < -0.39 is 0 Å². The average molecular weight is 334 g/mol. The van der Waals surface area contributed by atoms with E-state index in [-0.39, 0.29) is 11.9 Å². The van der Waals surface area contributed by atoms with Crippen LogP contribution in [0.1, 0.15) is 17.3 Å². The predicted molar refractivity (Wildman–Crippen MR) is 93.6 cm³/mol. The van der Waals surface area contributed by atoms with Crippen LogP contribution in [-0.4, -0.2) is 38.7 Å². The summed E-state index contributed by atoms with van der Waals surface area (Å²) in [6.45, 7) is 4.76. The van der Waals surface area contributed by atoms with Gasteiger partial charge in [0.05, 0.1) is 11.4 Å². The van der Waals surface area contributed by atoms with Crippen molar-refractivity contribution in [1.29, 1.82) is 0 Å². The lowest BCUT2D eigenvalue weighted by Gasteiger charge is -2.38. The van der Waals surface area contributed by atoms with Gasteiger partial charge in [0.2, 0.25) is 5.91 Å². The van der Waals surface area contributed by atoms with Crippen molar-refractivity contribution in [1.82, 2.24) is 19.7 Å². The molecule has 0 unspecified atom stereocenters. The number of likely N-dealkylation sites (tertiary alicyclic amines) is 1. The molecule has 0 aromatic carbocycles. The first-order chi connectivity index (χ1) is 11.8. The Hall–Kier alpha value is -2.91. The first kappa shape index (κ1) is 14.7. The Bertz CT molecular complexity index is 972. The minimum absolute atomic E-state index is 0.0480. The van der Waals surface area contributed by atoms with Gasteiger partial charge < -0.3 is 4.90 Å². The zero-order chi connectivity index (χ0) is 16.5. The molecule has 1 aliphatic heterocycles. The summed E-state index contributed by atoms with van der Waals surface area (Å²) in [4.78, 5) is 17.8. The maximum Gasteiger partial charge on any atom is 0.246 e. The highest BCUT2D eigenvalue weighted by atomic mass is 32.1. The third-order valence-corrected chi connectivity index (χ3v) is 4.69. The molecule has 0 bridgehead atoms. The lowest BCUT2D eigenvalue weighted by Crippen LogP contribution is -2.50. The number of rotatable bonds is 2. The number of fused-ring (bicyclic) bond motifs is 1. The maximum atomic E-state index is 11.6. The quantitative estimate of drug-likeness (QED) is 0.534. The van der Waals surface area contributed by atoms with Crippen LogP contribution in [0.15, 0.2) is 47.8 Å². The van der Waals surface area contributed by atoms with E-state index in [2.05, 4.69) is 28.5 Å². The molecule has 1 amide bonds. The van der Waals surface area contributed by atoms with Gasteiger partial charge in [0.15, 0.2) is 5.65 Å². The summed E-state index contributed by atoms with van der Waals surface area (Å²) >= 11 is 1.62. The van der Waals surface area contributed by atoms with Gasteiger partial charge in [-0.05, 0) is 35.6 Å². The Morgan fingerprint density at radius 1 is 1.38 bits per heavy atom. The molecule has 4 rings (SSSR count). The molecular formula is C18H14N4OS. The van der Waals surface area contributed by atoms with Gasteiger partial charge >= 0.3 is 0 Å². The van der Waals surface area contributed by atoms with E-state index in [9.17, 15) is 4.79 Å². The molecule has 0 atom stereocenters. The Balaban J connectivity index is 1.68. The molecule has 3 aromatic heterocycles. The van der Waals surface area contributed by atoms with Crippen molar-refractivity contribution in [2.24, 2.45) is 0 Å². The van der Waals surface area contributed by atoms with Crippen LogP contribution in [0.25, 0.3) is 11.0 Å². The first-order valence-corrected chi connectivity index (χ1v) is 8.49. The normalized spacial score (nSPS) is 14.1. The third-order valence-electron chi connectivity index (χ3n) is 4.01. The van der Waals surface area contributed by atoms with E-state index in [4.69, 9.17) is 0 Å². The van der Waals surface area contributed by atoms with Crippen LogP contribution >= 0.6 is 11.3 Å². The molecule has 3 aromatic rings. The summed E-state index contributed by atoms with van der Waals surface area (Å²) in [5.74, 6) is 6.24. The number of aromatic nitrogens is 3. The maximum absolute atomic E-state index is 11.6. The lowest BCUT2D eigenvalue weighted by atomic mass is 10.1. The van der Waals surface area contributed by atoms with Crippen LogP contribution in [0.4, 0.5) is 0 Å². The second kappa shape index (κ2) is 5.95. The molecule has 1 aliphatic rings. The van der Waals surface area contributed by atoms with Crippen molar-refractivity contribution < 1.29 is 4.79 Å². The summed E-state index contributed by atoms with van der Waals surface area (Å²) in [5.41, 5.74) is 2.51. The summed E-state index contributed by atoms with van der Waals surface area (Å²) in [7, 11) is 0. The Labute approximate surface area is 143 Å². The fraction of sp³-hybridized carbons (Fsp3) is 0.167. The number of amides is 1. The fourth-order valence-electron chi connectivity index (χ4n) is 2.71. The molecule has 0 spiro atoms. The SMILES string of the molecule is C=CC(=O)N1CC(n2nc(C#Cc3ccsc3)c3cccnc32)C1. The third kappa shape index (κ3) is 2.49. The predicted octanol–water partition coefficient (Wildman–Crippen LogP) is 2.46. The molecule has 0 aliphatic carbocycles. The molecule has 1 saturated heterocycles. The van der Waals surface area contributed by atoms with E-state index in [0.29, 0.717) is 13.1 Å². The van der Waals surface area contributed by atoms with E-state index in [0.717, 1.165) is 22.3 Å². The standard InChI is InChI=1S/C18H14N4OS/c1-2-17(23)21-10-14(11-21)22-18-15(4-3-8-19-18)16(20-22)6-5-13-7-9-24-12-13/h2-4,7-9,12,14H,1,10-11H2. The average Bonchev–Trinajstić information content (AvgIpc) is 3.20. The molecule has 0 saturated carbocycles. The Kier molecular flexibility index (Phi) is 3.63. The second-order valence-electron chi connectivity index (χ2n) is 5.53. The molecule has 0 N–H and O–H groups in total. The van der Waals surface area contributed by atoms with E-state index in [1.807, 2.05) is 33.6 Å². The van der Waals surface area contributed by atoms with Crippen LogP contribution < -0.4 is 0 Å². The molecule has 118 valence electrons. The van der Waals surface area contributed by atoms with Crippen LogP contribution in [0.5, 0.6) is 0 Å². The van der Waals surface area contributed by atoms with Gasteiger partial charge in [0.25, 0.3) is 0 Å². The second-order valence-corrected chi connectivity index (χ2v) is 6.31. The monoisotopic (exact) mass is 334 g/mol.